The van der Waals surface area contributed by atoms with E-state index in [4.69, 9.17) is 4.74 Å². The highest BCUT2D eigenvalue weighted by Crippen LogP contribution is 2.50. The number of aromatic nitrogens is 1. The summed E-state index contributed by atoms with van der Waals surface area (Å²) in [6.07, 6.45) is 5.67. The molecule has 7 nitrogen and oxygen atoms in total. The van der Waals surface area contributed by atoms with Crippen molar-refractivity contribution in [3.05, 3.63) is 39.8 Å². The van der Waals surface area contributed by atoms with Gasteiger partial charge in [0.25, 0.3) is 5.56 Å². The van der Waals surface area contributed by atoms with Gasteiger partial charge in [0.05, 0.1) is 6.10 Å². The molecule has 168 valence electrons. The number of rotatable bonds is 2. The molecule has 4 aliphatic rings. The van der Waals surface area contributed by atoms with Crippen LogP contribution in [-0.2, 0) is 5.60 Å². The van der Waals surface area contributed by atoms with Gasteiger partial charge in [0.1, 0.15) is 23.0 Å². The molecule has 9 unspecified atom stereocenters. The van der Waals surface area contributed by atoms with Gasteiger partial charge in [-0.25, -0.2) is 0 Å². The zero-order valence-corrected chi connectivity index (χ0v) is 18.0. The number of ketones is 1. The van der Waals surface area contributed by atoms with E-state index in [1.165, 1.54) is 6.20 Å². The molecule has 0 saturated heterocycles. The van der Waals surface area contributed by atoms with E-state index >= 15 is 0 Å². The molecule has 1 aliphatic heterocycles. The van der Waals surface area contributed by atoms with E-state index in [1.54, 1.807) is 0 Å². The molecule has 2 heterocycles. The second kappa shape index (κ2) is 7.29. The fourth-order valence-electron chi connectivity index (χ4n) is 6.46. The van der Waals surface area contributed by atoms with Gasteiger partial charge in [-0.1, -0.05) is 32.4 Å². The van der Waals surface area contributed by atoms with Crippen LogP contribution in [0.5, 0.6) is 5.75 Å². The van der Waals surface area contributed by atoms with Crippen LogP contribution in [0, 0.1) is 29.6 Å². The number of H-pyrrole nitrogens is 1. The third-order valence-corrected chi connectivity index (χ3v) is 8.22. The first-order chi connectivity index (χ1) is 14.7. The van der Waals surface area contributed by atoms with Crippen LogP contribution in [0.3, 0.4) is 0 Å². The summed E-state index contributed by atoms with van der Waals surface area (Å²) >= 11 is 0. The number of pyridine rings is 1. The van der Waals surface area contributed by atoms with E-state index in [9.17, 15) is 24.9 Å². The van der Waals surface area contributed by atoms with Crippen LogP contribution < -0.4 is 10.3 Å². The normalized spacial score (nSPS) is 43.5. The predicted octanol–water partition coefficient (Wildman–Crippen LogP) is 1.90. The molecule has 2 fully saturated rings. The van der Waals surface area contributed by atoms with Gasteiger partial charge >= 0.3 is 0 Å². The smallest absolute Gasteiger partial charge is 0.262 e. The van der Waals surface area contributed by atoms with E-state index in [2.05, 4.69) is 24.1 Å². The molecular weight excluding hydrogens is 398 g/mol. The molecule has 0 radical (unpaired) electrons. The zero-order chi connectivity index (χ0) is 22.1. The third-order valence-electron chi connectivity index (χ3n) is 8.22. The number of carbonyl (C=O) groups is 1. The van der Waals surface area contributed by atoms with E-state index in [-0.39, 0.29) is 53.3 Å². The molecule has 0 amide bonds. The minimum absolute atomic E-state index is 0.0141. The number of aromatic amines is 1. The van der Waals surface area contributed by atoms with Gasteiger partial charge in [-0.2, -0.15) is 0 Å². The maximum atomic E-state index is 13.9. The summed E-state index contributed by atoms with van der Waals surface area (Å²) in [7, 11) is 0. The Morgan fingerprint density at radius 1 is 1.19 bits per heavy atom. The summed E-state index contributed by atoms with van der Waals surface area (Å²) in [6.45, 7) is 4.24. The van der Waals surface area contributed by atoms with Crippen molar-refractivity contribution in [1.29, 1.82) is 0 Å². The molecule has 3 aliphatic carbocycles. The average molecular weight is 430 g/mol. The summed E-state index contributed by atoms with van der Waals surface area (Å²) in [5.41, 5.74) is -2.10. The first-order valence-electron chi connectivity index (χ1n) is 11.5. The number of hydrogen-bond acceptors (Lipinski definition) is 6. The lowest BCUT2D eigenvalue weighted by Crippen LogP contribution is -2.61. The van der Waals surface area contributed by atoms with Gasteiger partial charge in [-0.05, 0) is 49.4 Å². The number of aliphatic hydroxyl groups excluding tert-OH is 2. The number of Topliss-reactive ketones (excluding diaryl/α,β-unsaturated/α-hetero) is 1. The van der Waals surface area contributed by atoms with Gasteiger partial charge in [0.2, 0.25) is 0 Å². The van der Waals surface area contributed by atoms with Crippen LogP contribution in [0.2, 0.25) is 0 Å². The lowest BCUT2D eigenvalue weighted by atomic mass is 9.61. The summed E-state index contributed by atoms with van der Waals surface area (Å²) < 4.78 is 5.89. The summed E-state index contributed by atoms with van der Waals surface area (Å²) in [6, 6.07) is 0. The Morgan fingerprint density at radius 2 is 1.97 bits per heavy atom. The van der Waals surface area contributed by atoms with Crippen molar-refractivity contribution in [2.24, 2.45) is 29.6 Å². The van der Waals surface area contributed by atoms with Crippen molar-refractivity contribution in [2.75, 3.05) is 0 Å². The van der Waals surface area contributed by atoms with Gasteiger partial charge in [-0.3, -0.25) is 9.59 Å². The van der Waals surface area contributed by atoms with Crippen molar-refractivity contribution < 1.29 is 24.9 Å². The highest BCUT2D eigenvalue weighted by atomic mass is 16.5. The Bertz CT molecular complexity index is 985. The van der Waals surface area contributed by atoms with Crippen molar-refractivity contribution in [1.82, 2.24) is 4.98 Å². The molecule has 1 aromatic heterocycles. The van der Waals surface area contributed by atoms with Gasteiger partial charge in [0.15, 0.2) is 11.9 Å². The molecule has 4 N–H and O–H groups in total. The fourth-order valence-corrected chi connectivity index (χ4v) is 6.46. The number of carbonyl (C=O) groups excluding carboxylic acids is 1. The summed E-state index contributed by atoms with van der Waals surface area (Å²) in [4.78, 5) is 29.4. The largest absolute Gasteiger partial charge is 0.483 e. The maximum Gasteiger partial charge on any atom is 0.262 e. The third kappa shape index (κ3) is 3.04. The van der Waals surface area contributed by atoms with Crippen LogP contribution in [0.1, 0.15) is 61.9 Å². The van der Waals surface area contributed by atoms with E-state index in [0.29, 0.717) is 11.8 Å². The van der Waals surface area contributed by atoms with Crippen molar-refractivity contribution in [3.8, 4) is 5.75 Å². The lowest BCUT2D eigenvalue weighted by molar-refractivity contribution is -0.197. The zero-order valence-electron chi connectivity index (χ0n) is 18.0. The minimum Gasteiger partial charge on any atom is -0.483 e. The van der Waals surface area contributed by atoms with Crippen LogP contribution >= 0.6 is 0 Å². The standard InChI is InChI=1S/C24H31NO6/c1-11-3-6-14-13(9-11)5-4-12(2)17(14)19(27)18-20-15(10-25-23(18)29)24(30)8-7-16(26)21(31-20)22(24)28/h4-5,10-14,16-17,21-22,26,28,30H,3,6-9H2,1-2H3,(H,25,29). The first-order valence-corrected chi connectivity index (χ1v) is 11.5. The summed E-state index contributed by atoms with van der Waals surface area (Å²) in [5, 5.41) is 32.2. The number of hydrogen-bond donors (Lipinski definition) is 4. The highest BCUT2D eigenvalue weighted by molar-refractivity contribution is 6.01. The van der Waals surface area contributed by atoms with Gasteiger partial charge < -0.3 is 25.0 Å². The molecule has 7 heteroatoms. The molecule has 2 bridgehead atoms. The molecule has 2 saturated carbocycles. The van der Waals surface area contributed by atoms with Crippen LogP contribution in [0.15, 0.2) is 23.1 Å². The Kier molecular flexibility index (Phi) is 4.92. The Labute approximate surface area is 181 Å². The lowest BCUT2D eigenvalue weighted by Gasteiger charge is -2.48. The topological polar surface area (TPSA) is 120 Å². The van der Waals surface area contributed by atoms with E-state index in [0.717, 1.165) is 19.3 Å². The van der Waals surface area contributed by atoms with E-state index < -0.39 is 29.5 Å². The Hall–Kier alpha value is -1.96. The monoisotopic (exact) mass is 429 g/mol. The first kappa shape index (κ1) is 20.9. The molecular formula is C24H31NO6. The fraction of sp³-hybridized carbons (Fsp3) is 0.667. The predicted molar refractivity (Wildman–Crippen MR) is 113 cm³/mol. The summed E-state index contributed by atoms with van der Waals surface area (Å²) in [5.74, 6) is 0.495. The van der Waals surface area contributed by atoms with Crippen LogP contribution in [-0.4, -0.2) is 44.4 Å². The highest BCUT2D eigenvalue weighted by Gasteiger charge is 2.56. The van der Waals surface area contributed by atoms with Gasteiger partial charge in [0, 0.05) is 17.7 Å². The van der Waals surface area contributed by atoms with Crippen LogP contribution in [0.25, 0.3) is 0 Å². The molecule has 5 rings (SSSR count). The Balaban J connectivity index is 1.60. The number of ether oxygens (including phenoxy) is 1. The SMILES string of the molecule is CC1CCC2C(C=CC(C)C2C(=O)c2c3c(c[nH]c2=O)C2(O)CCC(O)C(O3)C2O)C1. The second-order valence-electron chi connectivity index (χ2n) is 10.2. The number of allylic oxidation sites excluding steroid dienone is 2. The number of fused-ring (bicyclic) bond motifs is 5. The molecule has 31 heavy (non-hydrogen) atoms. The maximum absolute atomic E-state index is 13.9. The number of aliphatic hydroxyl groups is 3. The number of nitrogens with one attached hydrogen (secondary N) is 1. The average Bonchev–Trinajstić information content (AvgIpc) is 2.73. The van der Waals surface area contributed by atoms with Gasteiger partial charge in [-0.15, -0.1) is 0 Å². The van der Waals surface area contributed by atoms with Crippen molar-refractivity contribution in [3.63, 3.8) is 0 Å². The van der Waals surface area contributed by atoms with Crippen molar-refractivity contribution >= 4 is 5.78 Å². The minimum atomic E-state index is -1.67. The quantitative estimate of drug-likeness (QED) is 0.421. The molecule has 1 aromatic rings. The second-order valence-corrected chi connectivity index (χ2v) is 10.2. The Morgan fingerprint density at radius 3 is 2.74 bits per heavy atom. The molecule has 9 atom stereocenters. The van der Waals surface area contributed by atoms with E-state index in [1.807, 2.05) is 6.92 Å². The van der Waals surface area contributed by atoms with Crippen LogP contribution in [0.4, 0.5) is 0 Å². The molecule has 0 aromatic carbocycles. The van der Waals surface area contributed by atoms with Crippen molar-refractivity contribution in [2.45, 2.75) is 69.9 Å². The molecule has 0 spiro atoms.